The third-order valence-electron chi connectivity index (χ3n) is 2.91. The van der Waals surface area contributed by atoms with Gasteiger partial charge in [-0.3, -0.25) is 0 Å². The Kier molecular flexibility index (Phi) is 9.06. The number of rotatable bonds is 9. The molecule has 0 aliphatic carbocycles. The topological polar surface area (TPSA) is 18.5 Å². The van der Waals surface area contributed by atoms with Crippen LogP contribution >= 0.6 is 0 Å². The van der Waals surface area contributed by atoms with Gasteiger partial charge in [0.2, 0.25) is 0 Å². The summed E-state index contributed by atoms with van der Waals surface area (Å²) < 4.78 is 0. The van der Waals surface area contributed by atoms with Gasteiger partial charge in [-0.25, -0.2) is 0 Å². The quantitative estimate of drug-likeness (QED) is 0.625. The molecule has 0 bridgehead atoms. The van der Waals surface area contributed by atoms with E-state index < -0.39 is 0 Å². The molecule has 3 nitrogen and oxygen atoms in total. The van der Waals surface area contributed by atoms with Gasteiger partial charge in [-0.2, -0.15) is 0 Å². The van der Waals surface area contributed by atoms with Gasteiger partial charge >= 0.3 is 0 Å². The number of hydrogen-bond acceptors (Lipinski definition) is 3. The molecule has 15 heavy (non-hydrogen) atoms. The smallest absolute Gasteiger partial charge is 0.0189 e. The van der Waals surface area contributed by atoms with Crippen molar-refractivity contribution in [3.05, 3.63) is 0 Å². The Morgan fingerprint density at radius 2 is 1.80 bits per heavy atom. The second-order valence-corrected chi connectivity index (χ2v) is 4.44. The SMILES string of the molecule is CCC(CN(CC)CCCN(C)C)NC. The molecule has 1 atom stereocenters. The maximum Gasteiger partial charge on any atom is 0.0189 e. The van der Waals surface area contributed by atoms with Crippen molar-refractivity contribution in [3.63, 3.8) is 0 Å². The van der Waals surface area contributed by atoms with E-state index in [1.165, 1.54) is 32.5 Å². The first-order valence-corrected chi connectivity index (χ1v) is 6.18. The summed E-state index contributed by atoms with van der Waals surface area (Å²) >= 11 is 0. The van der Waals surface area contributed by atoms with E-state index >= 15 is 0 Å². The van der Waals surface area contributed by atoms with Crippen molar-refractivity contribution < 1.29 is 0 Å². The molecular weight excluding hydrogens is 186 g/mol. The zero-order valence-electron chi connectivity index (χ0n) is 11.2. The van der Waals surface area contributed by atoms with Gasteiger partial charge in [-0.15, -0.1) is 0 Å². The highest BCUT2D eigenvalue weighted by Crippen LogP contribution is 1.98. The number of nitrogens with one attached hydrogen (secondary N) is 1. The molecule has 0 aromatic heterocycles. The first kappa shape index (κ1) is 14.9. The van der Waals surface area contributed by atoms with Crippen LogP contribution in [0.3, 0.4) is 0 Å². The third kappa shape index (κ3) is 7.77. The van der Waals surface area contributed by atoms with Crippen molar-refractivity contribution in [3.8, 4) is 0 Å². The Morgan fingerprint density at radius 3 is 2.20 bits per heavy atom. The molecule has 0 radical (unpaired) electrons. The summed E-state index contributed by atoms with van der Waals surface area (Å²) in [5.41, 5.74) is 0. The van der Waals surface area contributed by atoms with Crippen LogP contribution in [0.5, 0.6) is 0 Å². The fourth-order valence-corrected chi connectivity index (χ4v) is 1.73. The minimum Gasteiger partial charge on any atom is -0.316 e. The maximum atomic E-state index is 3.36. The zero-order valence-corrected chi connectivity index (χ0v) is 11.2. The Hall–Kier alpha value is -0.120. The standard InChI is InChI=1S/C12H29N3/c1-6-12(13-3)11-15(7-2)10-8-9-14(4)5/h12-13H,6-11H2,1-5H3. The lowest BCUT2D eigenvalue weighted by atomic mass is 10.2. The van der Waals surface area contributed by atoms with Crippen LogP contribution in [0.4, 0.5) is 0 Å². The number of nitrogens with zero attached hydrogens (tertiary/aromatic N) is 2. The van der Waals surface area contributed by atoms with Crippen molar-refractivity contribution in [1.29, 1.82) is 0 Å². The molecule has 0 aromatic carbocycles. The van der Waals surface area contributed by atoms with Crippen molar-refractivity contribution in [2.45, 2.75) is 32.7 Å². The fourth-order valence-electron chi connectivity index (χ4n) is 1.73. The van der Waals surface area contributed by atoms with Crippen LogP contribution < -0.4 is 5.32 Å². The van der Waals surface area contributed by atoms with E-state index in [9.17, 15) is 0 Å². The maximum absolute atomic E-state index is 3.36. The van der Waals surface area contributed by atoms with Gasteiger partial charge in [-0.1, -0.05) is 13.8 Å². The van der Waals surface area contributed by atoms with Crippen LogP contribution in [0.25, 0.3) is 0 Å². The van der Waals surface area contributed by atoms with Crippen molar-refractivity contribution in [1.82, 2.24) is 15.1 Å². The van der Waals surface area contributed by atoms with Crippen molar-refractivity contribution in [2.24, 2.45) is 0 Å². The number of hydrogen-bond donors (Lipinski definition) is 1. The molecule has 0 fully saturated rings. The largest absolute Gasteiger partial charge is 0.316 e. The average Bonchev–Trinajstić information content (AvgIpc) is 2.22. The molecule has 0 spiro atoms. The molecule has 3 heteroatoms. The minimum atomic E-state index is 0.643. The lowest BCUT2D eigenvalue weighted by molar-refractivity contribution is 0.239. The van der Waals surface area contributed by atoms with Crippen LogP contribution in [0.15, 0.2) is 0 Å². The van der Waals surface area contributed by atoms with Gasteiger partial charge < -0.3 is 15.1 Å². The molecule has 0 heterocycles. The average molecular weight is 215 g/mol. The lowest BCUT2D eigenvalue weighted by Gasteiger charge is -2.26. The van der Waals surface area contributed by atoms with Crippen LogP contribution in [-0.4, -0.2) is 63.2 Å². The van der Waals surface area contributed by atoms with Gasteiger partial charge in [0, 0.05) is 12.6 Å². The molecule has 1 N–H and O–H groups in total. The summed E-state index contributed by atoms with van der Waals surface area (Å²) in [6.07, 6.45) is 2.47. The van der Waals surface area contributed by atoms with Crippen molar-refractivity contribution in [2.75, 3.05) is 47.3 Å². The predicted octanol–water partition coefficient (Wildman–Crippen LogP) is 1.26. The van der Waals surface area contributed by atoms with Gasteiger partial charge in [0.05, 0.1) is 0 Å². The highest BCUT2D eigenvalue weighted by molar-refractivity contribution is 4.68. The second-order valence-electron chi connectivity index (χ2n) is 4.44. The molecule has 0 aliphatic heterocycles. The second kappa shape index (κ2) is 9.13. The van der Waals surface area contributed by atoms with Gasteiger partial charge in [-0.05, 0) is 53.6 Å². The van der Waals surface area contributed by atoms with Crippen molar-refractivity contribution >= 4 is 0 Å². The molecule has 0 aliphatic rings. The van der Waals surface area contributed by atoms with Gasteiger partial charge in [0.25, 0.3) is 0 Å². The number of likely N-dealkylation sites (N-methyl/N-ethyl adjacent to an activating group) is 2. The van der Waals surface area contributed by atoms with E-state index in [2.05, 4.69) is 50.1 Å². The monoisotopic (exact) mass is 215 g/mol. The van der Waals surface area contributed by atoms with Gasteiger partial charge in [0.15, 0.2) is 0 Å². The molecule has 0 aromatic rings. The fraction of sp³-hybridized carbons (Fsp3) is 1.00. The first-order valence-electron chi connectivity index (χ1n) is 6.18. The van der Waals surface area contributed by atoms with Crippen LogP contribution in [0.1, 0.15) is 26.7 Å². The molecule has 0 saturated heterocycles. The molecular formula is C12H29N3. The van der Waals surface area contributed by atoms with E-state index in [0.29, 0.717) is 6.04 Å². The normalized spacial score (nSPS) is 13.8. The van der Waals surface area contributed by atoms with Crippen LogP contribution in [0, 0.1) is 0 Å². The molecule has 1 unspecified atom stereocenters. The molecule has 0 amide bonds. The third-order valence-corrected chi connectivity index (χ3v) is 2.91. The summed E-state index contributed by atoms with van der Waals surface area (Å²) in [4.78, 5) is 4.79. The summed E-state index contributed by atoms with van der Waals surface area (Å²) in [6, 6.07) is 0.643. The first-order chi connectivity index (χ1) is 7.13. The summed E-state index contributed by atoms with van der Waals surface area (Å²) in [7, 11) is 6.33. The Balaban J connectivity index is 3.71. The highest BCUT2D eigenvalue weighted by Gasteiger charge is 2.08. The Bertz CT molecular complexity index is 133. The van der Waals surface area contributed by atoms with Crippen LogP contribution in [-0.2, 0) is 0 Å². The summed E-state index contributed by atoms with van der Waals surface area (Å²) in [5, 5.41) is 3.36. The summed E-state index contributed by atoms with van der Waals surface area (Å²) in [5.74, 6) is 0. The Morgan fingerprint density at radius 1 is 1.13 bits per heavy atom. The van der Waals surface area contributed by atoms with E-state index in [-0.39, 0.29) is 0 Å². The molecule has 0 saturated carbocycles. The van der Waals surface area contributed by atoms with E-state index in [1.807, 2.05) is 0 Å². The molecule has 92 valence electrons. The lowest BCUT2D eigenvalue weighted by Crippen LogP contribution is -2.40. The Labute approximate surface area is 95.8 Å². The van der Waals surface area contributed by atoms with Crippen LogP contribution in [0.2, 0.25) is 0 Å². The zero-order chi connectivity index (χ0) is 11.7. The van der Waals surface area contributed by atoms with E-state index in [0.717, 1.165) is 6.54 Å². The predicted molar refractivity (Wildman–Crippen MR) is 68.4 cm³/mol. The van der Waals surface area contributed by atoms with Gasteiger partial charge in [0.1, 0.15) is 0 Å². The highest BCUT2D eigenvalue weighted by atomic mass is 15.1. The van der Waals surface area contributed by atoms with E-state index in [1.54, 1.807) is 0 Å². The van der Waals surface area contributed by atoms with E-state index in [4.69, 9.17) is 0 Å². The minimum absolute atomic E-state index is 0.643. The summed E-state index contributed by atoms with van der Waals surface area (Å²) in [6.45, 7) is 9.23. The molecule has 0 rings (SSSR count).